The summed E-state index contributed by atoms with van der Waals surface area (Å²) in [5, 5.41) is 20.1. The zero-order valence-corrected chi connectivity index (χ0v) is 12.8. The average molecular weight is 309 g/mol. The Morgan fingerprint density at radius 2 is 1.45 bits per heavy atom. The first-order valence-corrected chi connectivity index (χ1v) is 7.97. The van der Waals surface area contributed by atoms with E-state index in [1.54, 1.807) is 24.9 Å². The van der Waals surface area contributed by atoms with E-state index in [2.05, 4.69) is 36.4 Å². The van der Waals surface area contributed by atoms with Crippen LogP contribution in [0.25, 0.3) is 11.1 Å². The van der Waals surface area contributed by atoms with E-state index in [9.17, 15) is 10.2 Å². The SMILES string of the molecule is Cn1c(O)cc(SC2c3ccccc3-c3ccccc32)c1O. The summed E-state index contributed by atoms with van der Waals surface area (Å²) in [5.74, 6) is 0.170. The Bertz CT molecular complexity index is 824. The van der Waals surface area contributed by atoms with Crippen LogP contribution in [-0.4, -0.2) is 14.8 Å². The summed E-state index contributed by atoms with van der Waals surface area (Å²) in [6.45, 7) is 0. The number of thioether (sulfide) groups is 1. The number of nitrogens with zero attached hydrogens (tertiary/aromatic N) is 1. The molecule has 3 nitrogen and oxygen atoms in total. The maximum atomic E-state index is 10.2. The number of hydrogen-bond donors (Lipinski definition) is 2. The monoisotopic (exact) mass is 309 g/mol. The number of rotatable bonds is 2. The molecule has 0 bridgehead atoms. The molecular formula is C18H15NO2S. The number of benzene rings is 2. The molecule has 1 aromatic heterocycles. The van der Waals surface area contributed by atoms with E-state index in [0.29, 0.717) is 4.90 Å². The molecule has 1 aliphatic rings. The predicted octanol–water partition coefficient (Wildman–Crippen LogP) is 4.30. The highest BCUT2D eigenvalue weighted by molar-refractivity contribution is 7.99. The zero-order valence-electron chi connectivity index (χ0n) is 12.0. The second kappa shape index (κ2) is 4.85. The molecule has 0 spiro atoms. The molecule has 22 heavy (non-hydrogen) atoms. The molecule has 0 saturated heterocycles. The normalized spacial score (nSPS) is 13.1. The first-order valence-electron chi connectivity index (χ1n) is 7.09. The van der Waals surface area contributed by atoms with Crippen LogP contribution >= 0.6 is 11.8 Å². The summed E-state index contributed by atoms with van der Waals surface area (Å²) in [5.41, 5.74) is 4.98. The summed E-state index contributed by atoms with van der Waals surface area (Å²) in [6, 6.07) is 18.3. The topological polar surface area (TPSA) is 45.4 Å². The molecule has 0 atom stereocenters. The van der Waals surface area contributed by atoms with Crippen molar-refractivity contribution in [3.05, 3.63) is 65.7 Å². The van der Waals surface area contributed by atoms with Crippen molar-refractivity contribution in [1.82, 2.24) is 4.57 Å². The lowest BCUT2D eigenvalue weighted by Crippen LogP contribution is -1.91. The summed E-state index contributed by atoms with van der Waals surface area (Å²) < 4.78 is 1.38. The van der Waals surface area contributed by atoms with Crippen molar-refractivity contribution in [2.45, 2.75) is 10.1 Å². The van der Waals surface area contributed by atoms with Gasteiger partial charge in [0.15, 0.2) is 5.88 Å². The van der Waals surface area contributed by atoms with Gasteiger partial charge in [0.25, 0.3) is 0 Å². The van der Waals surface area contributed by atoms with Crippen molar-refractivity contribution in [2.24, 2.45) is 7.05 Å². The van der Waals surface area contributed by atoms with Gasteiger partial charge >= 0.3 is 0 Å². The van der Waals surface area contributed by atoms with Crippen molar-refractivity contribution < 1.29 is 10.2 Å². The lowest BCUT2D eigenvalue weighted by atomic mass is 10.1. The Morgan fingerprint density at radius 3 is 1.95 bits per heavy atom. The molecule has 4 rings (SSSR count). The van der Waals surface area contributed by atoms with Crippen molar-refractivity contribution >= 4 is 11.8 Å². The molecule has 1 aliphatic carbocycles. The number of hydrogen-bond acceptors (Lipinski definition) is 3. The Hall–Kier alpha value is -2.33. The van der Waals surface area contributed by atoms with Gasteiger partial charge < -0.3 is 10.2 Å². The van der Waals surface area contributed by atoms with E-state index in [1.807, 2.05) is 12.1 Å². The number of aromatic nitrogens is 1. The molecule has 0 aliphatic heterocycles. The largest absolute Gasteiger partial charge is 0.494 e. The molecule has 4 heteroatoms. The average Bonchev–Trinajstić information content (AvgIpc) is 2.99. The van der Waals surface area contributed by atoms with E-state index in [-0.39, 0.29) is 17.0 Å². The van der Waals surface area contributed by atoms with Crippen LogP contribution in [0.15, 0.2) is 59.5 Å². The van der Waals surface area contributed by atoms with Crippen LogP contribution in [0, 0.1) is 0 Å². The maximum absolute atomic E-state index is 10.2. The number of fused-ring (bicyclic) bond motifs is 3. The minimum atomic E-state index is 0.0690. The van der Waals surface area contributed by atoms with Crippen LogP contribution in [-0.2, 0) is 7.05 Å². The van der Waals surface area contributed by atoms with Crippen molar-refractivity contribution in [1.29, 1.82) is 0 Å². The Balaban J connectivity index is 1.83. The van der Waals surface area contributed by atoms with Gasteiger partial charge in [0.05, 0.1) is 10.1 Å². The summed E-state index contributed by atoms with van der Waals surface area (Å²) in [6.07, 6.45) is 0. The maximum Gasteiger partial charge on any atom is 0.207 e. The van der Waals surface area contributed by atoms with Gasteiger partial charge in [0.1, 0.15) is 0 Å². The summed E-state index contributed by atoms with van der Waals surface area (Å²) >= 11 is 1.57. The third kappa shape index (κ3) is 1.84. The van der Waals surface area contributed by atoms with Gasteiger partial charge in [-0.2, -0.15) is 0 Å². The molecule has 0 fully saturated rings. The fraction of sp³-hybridized carbons (Fsp3) is 0.111. The van der Waals surface area contributed by atoms with Crippen LogP contribution in [0.2, 0.25) is 0 Å². The van der Waals surface area contributed by atoms with Gasteiger partial charge in [-0.05, 0) is 22.3 Å². The van der Waals surface area contributed by atoms with Crippen molar-refractivity contribution in [3.63, 3.8) is 0 Å². The van der Waals surface area contributed by atoms with Crippen LogP contribution in [0.3, 0.4) is 0 Å². The van der Waals surface area contributed by atoms with Crippen molar-refractivity contribution in [3.8, 4) is 22.9 Å². The molecular weight excluding hydrogens is 294 g/mol. The van der Waals surface area contributed by atoms with Crippen molar-refractivity contribution in [2.75, 3.05) is 0 Å². The van der Waals surface area contributed by atoms with E-state index in [0.717, 1.165) is 0 Å². The van der Waals surface area contributed by atoms with Gasteiger partial charge in [-0.25, -0.2) is 0 Å². The molecule has 2 N–H and O–H groups in total. The van der Waals surface area contributed by atoms with Gasteiger partial charge in [0.2, 0.25) is 5.88 Å². The Morgan fingerprint density at radius 1 is 0.909 bits per heavy atom. The van der Waals surface area contributed by atoms with Gasteiger partial charge in [-0.15, -0.1) is 11.8 Å². The fourth-order valence-corrected chi connectivity index (χ4v) is 4.34. The van der Waals surface area contributed by atoms with Gasteiger partial charge in [-0.3, -0.25) is 4.57 Å². The minimum Gasteiger partial charge on any atom is -0.494 e. The highest BCUT2D eigenvalue weighted by Crippen LogP contribution is 2.54. The standard InChI is InChI=1S/C18H15NO2S/c1-19-16(20)10-15(18(19)21)22-17-13-8-4-2-6-11(13)12-7-3-5-9-14(12)17/h2-10,17,20-21H,1H3. The number of aromatic hydroxyl groups is 2. The molecule has 3 aromatic rings. The third-order valence-electron chi connectivity index (χ3n) is 4.16. The minimum absolute atomic E-state index is 0.0690. The van der Waals surface area contributed by atoms with Crippen LogP contribution in [0.5, 0.6) is 11.8 Å². The molecule has 0 radical (unpaired) electrons. The summed E-state index contributed by atoms with van der Waals surface area (Å²) in [4.78, 5) is 0.691. The highest BCUT2D eigenvalue weighted by Gasteiger charge is 2.30. The summed E-state index contributed by atoms with van der Waals surface area (Å²) in [7, 11) is 1.64. The predicted molar refractivity (Wildman–Crippen MR) is 88.3 cm³/mol. The second-order valence-electron chi connectivity index (χ2n) is 5.42. The van der Waals surface area contributed by atoms with Crippen LogP contribution in [0.4, 0.5) is 0 Å². The lowest BCUT2D eigenvalue weighted by molar-refractivity contribution is 0.383. The van der Waals surface area contributed by atoms with E-state index in [1.165, 1.54) is 26.8 Å². The first-order chi connectivity index (χ1) is 10.7. The quantitative estimate of drug-likeness (QED) is 0.742. The second-order valence-corrected chi connectivity index (χ2v) is 6.57. The molecule has 0 unspecified atom stereocenters. The molecule has 0 amide bonds. The first kappa shape index (κ1) is 13.3. The van der Waals surface area contributed by atoms with Crippen LogP contribution in [0.1, 0.15) is 16.4 Å². The van der Waals surface area contributed by atoms with E-state index < -0.39 is 0 Å². The highest BCUT2D eigenvalue weighted by atomic mass is 32.2. The zero-order chi connectivity index (χ0) is 15.3. The van der Waals surface area contributed by atoms with Gasteiger partial charge in [-0.1, -0.05) is 48.5 Å². The molecule has 2 aromatic carbocycles. The lowest BCUT2D eigenvalue weighted by Gasteiger charge is -2.12. The van der Waals surface area contributed by atoms with Crippen LogP contribution < -0.4 is 0 Å². The fourth-order valence-electron chi connectivity index (χ4n) is 3.00. The van der Waals surface area contributed by atoms with E-state index in [4.69, 9.17) is 0 Å². The Labute approximate surface area is 132 Å². The molecule has 110 valence electrons. The van der Waals surface area contributed by atoms with Gasteiger partial charge in [0, 0.05) is 13.1 Å². The third-order valence-corrected chi connectivity index (χ3v) is 5.46. The molecule has 0 saturated carbocycles. The Kier molecular flexibility index (Phi) is 2.94. The smallest absolute Gasteiger partial charge is 0.207 e. The molecule has 1 heterocycles. The van der Waals surface area contributed by atoms with E-state index >= 15 is 0 Å².